The maximum atomic E-state index is 6.05. The Labute approximate surface area is 159 Å². The Hall–Kier alpha value is -1.96. The number of aryl methyl sites for hydroxylation is 6. The van der Waals surface area contributed by atoms with Gasteiger partial charge in [0.25, 0.3) is 0 Å². The third-order valence-electron chi connectivity index (χ3n) is 4.84. The van der Waals surface area contributed by atoms with E-state index in [-0.39, 0.29) is 0 Å². The van der Waals surface area contributed by atoms with E-state index in [9.17, 15) is 0 Å². The zero-order valence-electron chi connectivity index (χ0n) is 17.4. The molecule has 2 rings (SSSR count). The molecular formula is C24H34O2. The standard InChI is InChI=1S/C24H34O2/c1-7-9-10-22-15-19(5)24(20(6)16-22)26-12-11-25-23-17(3)13-21(8-2)14-18(23)4/h13-16H,7-12H2,1-6H3. The Bertz CT molecular complexity index is 685. The molecule has 2 heteroatoms. The van der Waals surface area contributed by atoms with Gasteiger partial charge < -0.3 is 9.47 Å². The number of unbranched alkanes of at least 4 members (excludes halogenated alkanes) is 1. The van der Waals surface area contributed by atoms with Gasteiger partial charge in [-0.05, 0) is 80.3 Å². The average molecular weight is 355 g/mol. The molecule has 0 N–H and O–H groups in total. The fraction of sp³-hybridized carbons (Fsp3) is 0.500. The SMILES string of the molecule is CCCCc1cc(C)c(OCCOc2c(C)cc(CC)cc2C)c(C)c1. The molecule has 0 saturated carbocycles. The van der Waals surface area contributed by atoms with Crippen LogP contribution in [0.15, 0.2) is 24.3 Å². The second kappa shape index (κ2) is 9.66. The minimum Gasteiger partial charge on any atom is -0.489 e. The first kappa shape index (κ1) is 20.4. The van der Waals surface area contributed by atoms with E-state index in [2.05, 4.69) is 65.8 Å². The summed E-state index contributed by atoms with van der Waals surface area (Å²) in [5, 5.41) is 0. The van der Waals surface area contributed by atoms with Gasteiger partial charge in [-0.15, -0.1) is 0 Å². The van der Waals surface area contributed by atoms with Crippen molar-refractivity contribution < 1.29 is 9.47 Å². The van der Waals surface area contributed by atoms with Crippen LogP contribution in [-0.2, 0) is 12.8 Å². The number of hydrogen-bond donors (Lipinski definition) is 0. The van der Waals surface area contributed by atoms with Crippen molar-refractivity contribution in [3.63, 3.8) is 0 Å². The smallest absolute Gasteiger partial charge is 0.125 e. The highest BCUT2D eigenvalue weighted by molar-refractivity contribution is 5.44. The molecule has 0 aliphatic heterocycles. The van der Waals surface area contributed by atoms with Gasteiger partial charge in [0.05, 0.1) is 0 Å². The van der Waals surface area contributed by atoms with Crippen LogP contribution in [0.1, 0.15) is 60.1 Å². The minimum atomic E-state index is 0.559. The van der Waals surface area contributed by atoms with Gasteiger partial charge in [-0.25, -0.2) is 0 Å². The first-order valence-electron chi connectivity index (χ1n) is 9.92. The molecule has 142 valence electrons. The predicted molar refractivity (Wildman–Crippen MR) is 111 cm³/mol. The van der Waals surface area contributed by atoms with E-state index in [0.717, 1.165) is 24.3 Å². The van der Waals surface area contributed by atoms with Gasteiger partial charge in [-0.2, -0.15) is 0 Å². The Kier molecular flexibility index (Phi) is 7.56. The highest BCUT2D eigenvalue weighted by Gasteiger charge is 2.09. The molecule has 0 radical (unpaired) electrons. The summed E-state index contributed by atoms with van der Waals surface area (Å²) in [6.45, 7) is 14.0. The molecule has 26 heavy (non-hydrogen) atoms. The van der Waals surface area contributed by atoms with Gasteiger partial charge in [0.15, 0.2) is 0 Å². The van der Waals surface area contributed by atoms with Gasteiger partial charge in [-0.1, -0.05) is 44.5 Å². The molecule has 0 unspecified atom stereocenters. The van der Waals surface area contributed by atoms with Gasteiger partial charge in [0, 0.05) is 0 Å². The van der Waals surface area contributed by atoms with E-state index in [0.29, 0.717) is 13.2 Å². The molecule has 0 aromatic heterocycles. The van der Waals surface area contributed by atoms with Crippen LogP contribution in [0.4, 0.5) is 0 Å². The molecule has 0 saturated heterocycles. The first-order valence-corrected chi connectivity index (χ1v) is 9.92. The van der Waals surface area contributed by atoms with Crippen molar-refractivity contribution in [3.05, 3.63) is 57.6 Å². The molecule has 0 aliphatic rings. The molecule has 2 aromatic rings. The molecule has 2 nitrogen and oxygen atoms in total. The Morgan fingerprint density at radius 1 is 0.654 bits per heavy atom. The third-order valence-corrected chi connectivity index (χ3v) is 4.84. The van der Waals surface area contributed by atoms with E-state index in [4.69, 9.17) is 9.47 Å². The van der Waals surface area contributed by atoms with Crippen LogP contribution in [0.25, 0.3) is 0 Å². The first-order chi connectivity index (χ1) is 12.5. The zero-order valence-corrected chi connectivity index (χ0v) is 17.4. The molecule has 2 aromatic carbocycles. The number of hydrogen-bond acceptors (Lipinski definition) is 2. The predicted octanol–water partition coefficient (Wildman–Crippen LogP) is 6.28. The summed E-state index contributed by atoms with van der Waals surface area (Å²) < 4.78 is 12.1. The molecule has 0 amide bonds. The van der Waals surface area contributed by atoms with Crippen molar-refractivity contribution in [2.75, 3.05) is 13.2 Å². The zero-order chi connectivity index (χ0) is 19.1. The van der Waals surface area contributed by atoms with E-state index < -0.39 is 0 Å². The maximum absolute atomic E-state index is 6.05. The maximum Gasteiger partial charge on any atom is 0.125 e. The summed E-state index contributed by atoms with van der Waals surface area (Å²) in [5.74, 6) is 2.00. The normalized spacial score (nSPS) is 10.8. The van der Waals surface area contributed by atoms with Crippen LogP contribution >= 0.6 is 0 Å². The molecule has 0 fully saturated rings. The lowest BCUT2D eigenvalue weighted by molar-refractivity contribution is 0.214. The second-order valence-corrected chi connectivity index (χ2v) is 7.27. The van der Waals surface area contributed by atoms with Crippen LogP contribution in [0, 0.1) is 27.7 Å². The van der Waals surface area contributed by atoms with Crippen LogP contribution in [0.3, 0.4) is 0 Å². The Morgan fingerprint density at radius 2 is 1.08 bits per heavy atom. The van der Waals surface area contributed by atoms with Gasteiger partial charge in [0.2, 0.25) is 0 Å². The van der Waals surface area contributed by atoms with Crippen LogP contribution in [0.2, 0.25) is 0 Å². The monoisotopic (exact) mass is 354 g/mol. The van der Waals surface area contributed by atoms with Crippen molar-refractivity contribution in [3.8, 4) is 11.5 Å². The fourth-order valence-electron chi connectivity index (χ4n) is 3.55. The van der Waals surface area contributed by atoms with Gasteiger partial charge in [0.1, 0.15) is 24.7 Å². The largest absolute Gasteiger partial charge is 0.489 e. The quantitative estimate of drug-likeness (QED) is 0.493. The summed E-state index contributed by atoms with van der Waals surface area (Å²) in [6, 6.07) is 8.95. The van der Waals surface area contributed by atoms with Crippen LogP contribution < -0.4 is 9.47 Å². The summed E-state index contributed by atoms with van der Waals surface area (Å²) in [6.07, 6.45) is 4.67. The number of ether oxygens (including phenoxy) is 2. The third kappa shape index (κ3) is 5.27. The van der Waals surface area contributed by atoms with E-state index in [1.54, 1.807) is 0 Å². The number of benzene rings is 2. The van der Waals surface area contributed by atoms with Gasteiger partial charge >= 0.3 is 0 Å². The molecule has 0 bridgehead atoms. The molecule has 0 aliphatic carbocycles. The Balaban J connectivity index is 1.94. The fourth-order valence-corrected chi connectivity index (χ4v) is 3.55. The molecule has 0 heterocycles. The van der Waals surface area contributed by atoms with Crippen molar-refractivity contribution in [1.82, 2.24) is 0 Å². The summed E-state index contributed by atoms with van der Waals surface area (Å²) in [4.78, 5) is 0. The highest BCUT2D eigenvalue weighted by Crippen LogP contribution is 2.27. The van der Waals surface area contributed by atoms with Crippen LogP contribution in [-0.4, -0.2) is 13.2 Å². The van der Waals surface area contributed by atoms with E-state index in [1.807, 2.05) is 0 Å². The molecular weight excluding hydrogens is 320 g/mol. The summed E-state index contributed by atoms with van der Waals surface area (Å²) in [5.41, 5.74) is 7.61. The molecule has 0 spiro atoms. The average Bonchev–Trinajstić information content (AvgIpc) is 2.60. The topological polar surface area (TPSA) is 18.5 Å². The van der Waals surface area contributed by atoms with Crippen molar-refractivity contribution >= 4 is 0 Å². The van der Waals surface area contributed by atoms with E-state index in [1.165, 1.54) is 46.2 Å². The Morgan fingerprint density at radius 3 is 1.46 bits per heavy atom. The van der Waals surface area contributed by atoms with E-state index >= 15 is 0 Å². The second-order valence-electron chi connectivity index (χ2n) is 7.27. The highest BCUT2D eigenvalue weighted by atomic mass is 16.5. The minimum absolute atomic E-state index is 0.559. The van der Waals surface area contributed by atoms with Crippen molar-refractivity contribution in [2.45, 2.75) is 67.2 Å². The lowest BCUT2D eigenvalue weighted by Crippen LogP contribution is -2.12. The van der Waals surface area contributed by atoms with Crippen molar-refractivity contribution in [1.29, 1.82) is 0 Å². The summed E-state index contributed by atoms with van der Waals surface area (Å²) >= 11 is 0. The lowest BCUT2D eigenvalue weighted by Gasteiger charge is -2.16. The van der Waals surface area contributed by atoms with Crippen LogP contribution in [0.5, 0.6) is 11.5 Å². The van der Waals surface area contributed by atoms with Gasteiger partial charge in [-0.3, -0.25) is 0 Å². The number of rotatable bonds is 9. The lowest BCUT2D eigenvalue weighted by atomic mass is 10.0. The summed E-state index contributed by atoms with van der Waals surface area (Å²) in [7, 11) is 0. The molecule has 0 atom stereocenters. The van der Waals surface area contributed by atoms with Crippen molar-refractivity contribution in [2.24, 2.45) is 0 Å².